The summed E-state index contributed by atoms with van der Waals surface area (Å²) in [6.45, 7) is 0. The summed E-state index contributed by atoms with van der Waals surface area (Å²) in [6, 6.07) is -0.999. The van der Waals surface area contributed by atoms with E-state index in [1.165, 1.54) is 0 Å². The van der Waals surface area contributed by atoms with Crippen molar-refractivity contribution in [1.82, 2.24) is 0 Å². The smallest absolute Gasteiger partial charge is 0.320 e. The van der Waals surface area contributed by atoms with Crippen LogP contribution in [0.2, 0.25) is 0 Å². The molecule has 0 heterocycles. The number of halogens is 2. The van der Waals surface area contributed by atoms with Crippen molar-refractivity contribution in [2.45, 2.75) is 31.2 Å². The Hall–Kier alpha value is -0.710. The van der Waals surface area contributed by atoms with Crippen LogP contribution in [0, 0.1) is 5.92 Å². The predicted octanol–water partition coefficient (Wildman–Crippen LogP) is 0.834. The molecule has 1 rings (SSSR count). The lowest BCUT2D eigenvalue weighted by Gasteiger charge is -2.04. The standard InChI is InChI=1S/C7H11F2NO2/c8-7(9)3-4(7)1-2-5(10)6(11)12/h4-5H,1-3,10H2,(H,11,12)/t4?,5-/m1/s1. The summed E-state index contributed by atoms with van der Waals surface area (Å²) >= 11 is 0. The molecule has 1 aliphatic rings. The first-order valence-corrected chi connectivity index (χ1v) is 3.79. The van der Waals surface area contributed by atoms with Crippen LogP contribution in [0.15, 0.2) is 0 Å². The summed E-state index contributed by atoms with van der Waals surface area (Å²) in [5.41, 5.74) is 5.14. The molecule has 1 aliphatic carbocycles. The quantitative estimate of drug-likeness (QED) is 0.672. The van der Waals surface area contributed by atoms with E-state index in [-0.39, 0.29) is 19.3 Å². The van der Waals surface area contributed by atoms with Gasteiger partial charge in [-0.25, -0.2) is 8.78 Å². The van der Waals surface area contributed by atoms with Gasteiger partial charge in [0.15, 0.2) is 0 Å². The minimum absolute atomic E-state index is 0.112. The SMILES string of the molecule is N[C@H](CCC1CC1(F)F)C(=O)O. The summed E-state index contributed by atoms with van der Waals surface area (Å²) in [5.74, 6) is -4.32. The minimum atomic E-state index is -2.56. The molecule has 70 valence electrons. The van der Waals surface area contributed by atoms with Gasteiger partial charge in [-0.1, -0.05) is 0 Å². The molecule has 0 saturated heterocycles. The fraction of sp³-hybridized carbons (Fsp3) is 0.857. The maximum atomic E-state index is 12.3. The van der Waals surface area contributed by atoms with E-state index in [2.05, 4.69) is 0 Å². The van der Waals surface area contributed by atoms with Crippen LogP contribution in [0.3, 0.4) is 0 Å². The van der Waals surface area contributed by atoms with Gasteiger partial charge in [-0.05, 0) is 12.8 Å². The molecule has 0 aromatic carbocycles. The first kappa shape index (κ1) is 9.38. The molecule has 12 heavy (non-hydrogen) atoms. The van der Waals surface area contributed by atoms with E-state index in [1.54, 1.807) is 0 Å². The zero-order chi connectivity index (χ0) is 9.35. The van der Waals surface area contributed by atoms with Crippen LogP contribution in [-0.4, -0.2) is 23.0 Å². The fourth-order valence-electron chi connectivity index (χ4n) is 1.09. The number of hydrogen-bond acceptors (Lipinski definition) is 2. The number of nitrogens with two attached hydrogens (primary N) is 1. The van der Waals surface area contributed by atoms with Crippen LogP contribution in [-0.2, 0) is 4.79 Å². The number of rotatable bonds is 4. The molecular weight excluding hydrogens is 168 g/mol. The molecule has 2 atom stereocenters. The van der Waals surface area contributed by atoms with Crippen molar-refractivity contribution < 1.29 is 18.7 Å². The van der Waals surface area contributed by atoms with Gasteiger partial charge in [-0.3, -0.25) is 4.79 Å². The lowest BCUT2D eigenvalue weighted by Crippen LogP contribution is -2.30. The molecule has 0 spiro atoms. The highest BCUT2D eigenvalue weighted by Crippen LogP contribution is 2.51. The van der Waals surface area contributed by atoms with Gasteiger partial charge >= 0.3 is 5.97 Å². The molecule has 1 fully saturated rings. The largest absolute Gasteiger partial charge is 0.480 e. The number of hydrogen-bond donors (Lipinski definition) is 2. The topological polar surface area (TPSA) is 63.3 Å². The molecule has 5 heteroatoms. The Balaban J connectivity index is 2.15. The molecular formula is C7H11F2NO2. The van der Waals surface area contributed by atoms with Crippen LogP contribution in [0.1, 0.15) is 19.3 Å². The molecule has 0 bridgehead atoms. The van der Waals surface area contributed by atoms with E-state index >= 15 is 0 Å². The normalized spacial score (nSPS) is 28.1. The first-order valence-electron chi connectivity index (χ1n) is 3.79. The highest BCUT2D eigenvalue weighted by atomic mass is 19.3. The van der Waals surface area contributed by atoms with Gasteiger partial charge in [-0.2, -0.15) is 0 Å². The van der Waals surface area contributed by atoms with Gasteiger partial charge in [0.2, 0.25) is 0 Å². The van der Waals surface area contributed by atoms with Gasteiger partial charge in [0.25, 0.3) is 5.92 Å². The first-order chi connectivity index (χ1) is 5.43. The fourth-order valence-corrected chi connectivity index (χ4v) is 1.09. The van der Waals surface area contributed by atoms with Gasteiger partial charge in [0.1, 0.15) is 6.04 Å². The van der Waals surface area contributed by atoms with E-state index in [0.717, 1.165) is 0 Å². The molecule has 0 aromatic rings. The Morgan fingerprint density at radius 3 is 2.58 bits per heavy atom. The lowest BCUT2D eigenvalue weighted by atomic mass is 10.1. The second-order valence-electron chi connectivity index (χ2n) is 3.18. The Morgan fingerprint density at radius 2 is 2.25 bits per heavy atom. The molecule has 1 unspecified atom stereocenters. The van der Waals surface area contributed by atoms with Crippen LogP contribution in [0.25, 0.3) is 0 Å². The zero-order valence-corrected chi connectivity index (χ0v) is 6.46. The molecule has 3 nitrogen and oxygen atoms in total. The summed E-state index contributed by atoms with van der Waals surface area (Å²) < 4.78 is 24.5. The van der Waals surface area contributed by atoms with Crippen LogP contribution >= 0.6 is 0 Å². The monoisotopic (exact) mass is 179 g/mol. The van der Waals surface area contributed by atoms with Crippen molar-refractivity contribution in [2.24, 2.45) is 11.7 Å². The van der Waals surface area contributed by atoms with Crippen molar-refractivity contribution in [2.75, 3.05) is 0 Å². The summed E-state index contributed by atoms with van der Waals surface area (Å²) in [7, 11) is 0. The Labute approximate surface area is 68.5 Å². The number of alkyl halides is 2. The molecule has 0 amide bonds. The van der Waals surface area contributed by atoms with E-state index in [4.69, 9.17) is 10.8 Å². The summed E-state index contributed by atoms with van der Waals surface area (Å²) in [4.78, 5) is 10.2. The van der Waals surface area contributed by atoms with Crippen molar-refractivity contribution in [3.63, 3.8) is 0 Å². The van der Waals surface area contributed by atoms with Gasteiger partial charge in [0.05, 0.1) is 0 Å². The third-order valence-electron chi connectivity index (χ3n) is 2.10. The van der Waals surface area contributed by atoms with Crippen LogP contribution in [0.5, 0.6) is 0 Å². The number of aliphatic carboxylic acids is 1. The molecule has 0 aliphatic heterocycles. The van der Waals surface area contributed by atoms with Crippen molar-refractivity contribution >= 4 is 5.97 Å². The highest BCUT2D eigenvalue weighted by Gasteiger charge is 2.56. The van der Waals surface area contributed by atoms with Gasteiger partial charge in [0, 0.05) is 12.3 Å². The summed E-state index contributed by atoms with van der Waals surface area (Å²) in [6.07, 6.45) is 0.232. The minimum Gasteiger partial charge on any atom is -0.480 e. The van der Waals surface area contributed by atoms with Crippen molar-refractivity contribution in [3.05, 3.63) is 0 Å². The van der Waals surface area contributed by atoms with E-state index in [1.807, 2.05) is 0 Å². The average molecular weight is 179 g/mol. The average Bonchev–Trinajstić information content (AvgIpc) is 2.54. The second-order valence-corrected chi connectivity index (χ2v) is 3.18. The van der Waals surface area contributed by atoms with E-state index < -0.39 is 23.9 Å². The maximum Gasteiger partial charge on any atom is 0.320 e. The third kappa shape index (κ3) is 2.14. The lowest BCUT2D eigenvalue weighted by molar-refractivity contribution is -0.138. The van der Waals surface area contributed by atoms with E-state index in [0.29, 0.717) is 0 Å². The second kappa shape index (κ2) is 2.97. The Bertz CT molecular complexity index is 196. The van der Waals surface area contributed by atoms with Crippen LogP contribution < -0.4 is 5.73 Å². The van der Waals surface area contributed by atoms with Gasteiger partial charge in [-0.15, -0.1) is 0 Å². The highest BCUT2D eigenvalue weighted by molar-refractivity contribution is 5.72. The zero-order valence-electron chi connectivity index (χ0n) is 6.46. The van der Waals surface area contributed by atoms with Gasteiger partial charge < -0.3 is 10.8 Å². The molecule has 0 radical (unpaired) electrons. The molecule has 3 N–H and O–H groups in total. The Kier molecular flexibility index (Phi) is 2.32. The predicted molar refractivity (Wildman–Crippen MR) is 37.9 cm³/mol. The maximum absolute atomic E-state index is 12.3. The Morgan fingerprint density at radius 1 is 1.75 bits per heavy atom. The van der Waals surface area contributed by atoms with Crippen LogP contribution in [0.4, 0.5) is 8.78 Å². The number of carboxylic acid groups (broad SMARTS) is 1. The number of carboxylic acids is 1. The number of carbonyl (C=O) groups is 1. The third-order valence-corrected chi connectivity index (χ3v) is 2.10. The van der Waals surface area contributed by atoms with Crippen molar-refractivity contribution in [3.8, 4) is 0 Å². The molecule has 1 saturated carbocycles. The summed E-state index contributed by atoms with van der Waals surface area (Å²) in [5, 5.41) is 8.33. The van der Waals surface area contributed by atoms with Crippen molar-refractivity contribution in [1.29, 1.82) is 0 Å². The molecule has 0 aromatic heterocycles. The van der Waals surface area contributed by atoms with E-state index in [9.17, 15) is 13.6 Å².